The summed E-state index contributed by atoms with van der Waals surface area (Å²) in [7, 11) is 1.77. The zero-order valence-corrected chi connectivity index (χ0v) is 11.4. The topological polar surface area (TPSA) is 30.5 Å². The first-order chi connectivity index (χ1) is 7.86. The van der Waals surface area contributed by atoms with Gasteiger partial charge in [-0.2, -0.15) is 11.8 Å². The molecule has 0 aromatic heterocycles. The lowest BCUT2D eigenvalue weighted by molar-refractivity contribution is 0.128. The van der Waals surface area contributed by atoms with Crippen molar-refractivity contribution < 1.29 is 9.47 Å². The molecule has 0 aliphatic carbocycles. The van der Waals surface area contributed by atoms with E-state index in [1.807, 2.05) is 11.8 Å². The van der Waals surface area contributed by atoms with Crippen LogP contribution in [-0.4, -0.2) is 50.5 Å². The van der Waals surface area contributed by atoms with Crippen LogP contribution in [-0.2, 0) is 9.47 Å². The van der Waals surface area contributed by atoms with Crippen LogP contribution < -0.4 is 5.32 Å². The standard InChI is InChI=1S/C12H25NO2S/c1-3-6-13-11(8-14-2)9-16-10-12-5-4-7-15-12/h11-13H,3-10H2,1-2H3. The molecule has 0 saturated carbocycles. The van der Waals surface area contributed by atoms with Gasteiger partial charge in [0.25, 0.3) is 0 Å². The van der Waals surface area contributed by atoms with Crippen molar-refractivity contribution in [2.45, 2.75) is 38.3 Å². The summed E-state index contributed by atoms with van der Waals surface area (Å²) in [6.45, 7) is 5.03. The largest absolute Gasteiger partial charge is 0.383 e. The Hall–Kier alpha value is 0.230. The van der Waals surface area contributed by atoms with Crippen LogP contribution in [0.15, 0.2) is 0 Å². The monoisotopic (exact) mass is 247 g/mol. The van der Waals surface area contributed by atoms with Crippen molar-refractivity contribution in [3.8, 4) is 0 Å². The van der Waals surface area contributed by atoms with Crippen molar-refractivity contribution in [3.05, 3.63) is 0 Å². The molecule has 0 aromatic rings. The van der Waals surface area contributed by atoms with Gasteiger partial charge in [0.05, 0.1) is 12.7 Å². The molecule has 1 aliphatic rings. The van der Waals surface area contributed by atoms with E-state index in [2.05, 4.69) is 12.2 Å². The van der Waals surface area contributed by atoms with Crippen LogP contribution in [0.3, 0.4) is 0 Å². The average Bonchev–Trinajstić information content (AvgIpc) is 2.79. The summed E-state index contributed by atoms with van der Waals surface area (Å²) < 4.78 is 10.8. The third-order valence-corrected chi connectivity index (χ3v) is 3.94. The van der Waals surface area contributed by atoms with E-state index in [1.165, 1.54) is 19.3 Å². The molecule has 2 unspecified atom stereocenters. The number of hydrogen-bond acceptors (Lipinski definition) is 4. The molecule has 4 heteroatoms. The third-order valence-electron chi connectivity index (χ3n) is 2.70. The molecule has 0 bridgehead atoms. The SMILES string of the molecule is CCCNC(COC)CSCC1CCCO1. The minimum absolute atomic E-state index is 0.483. The third kappa shape index (κ3) is 6.09. The summed E-state index contributed by atoms with van der Waals surface area (Å²) >= 11 is 1.98. The first-order valence-electron chi connectivity index (χ1n) is 6.28. The molecule has 2 atom stereocenters. The number of ether oxygens (including phenoxy) is 2. The smallest absolute Gasteiger partial charge is 0.0666 e. The highest BCUT2D eigenvalue weighted by molar-refractivity contribution is 7.99. The van der Waals surface area contributed by atoms with Crippen molar-refractivity contribution in [3.63, 3.8) is 0 Å². The highest BCUT2D eigenvalue weighted by Gasteiger charge is 2.16. The van der Waals surface area contributed by atoms with E-state index < -0.39 is 0 Å². The number of methoxy groups -OCH3 is 1. The Labute approximate surface area is 104 Å². The molecule has 1 aliphatic heterocycles. The van der Waals surface area contributed by atoms with Crippen LogP contribution in [0.25, 0.3) is 0 Å². The van der Waals surface area contributed by atoms with Gasteiger partial charge in [-0.05, 0) is 25.8 Å². The number of nitrogens with one attached hydrogen (secondary N) is 1. The van der Waals surface area contributed by atoms with Gasteiger partial charge >= 0.3 is 0 Å². The van der Waals surface area contributed by atoms with Crippen LogP contribution in [0.5, 0.6) is 0 Å². The molecule has 16 heavy (non-hydrogen) atoms. The minimum atomic E-state index is 0.483. The quantitative estimate of drug-likeness (QED) is 0.674. The fourth-order valence-corrected chi connectivity index (χ4v) is 2.99. The predicted octanol–water partition coefficient (Wildman–Crippen LogP) is 1.91. The van der Waals surface area contributed by atoms with E-state index in [0.29, 0.717) is 12.1 Å². The Morgan fingerprint density at radius 3 is 3.06 bits per heavy atom. The number of rotatable bonds is 9. The fraction of sp³-hybridized carbons (Fsp3) is 1.00. The maximum absolute atomic E-state index is 5.60. The maximum atomic E-state index is 5.60. The summed E-state index contributed by atoms with van der Waals surface area (Å²) in [5.41, 5.74) is 0. The van der Waals surface area contributed by atoms with Gasteiger partial charge in [0.1, 0.15) is 0 Å². The first kappa shape index (κ1) is 14.3. The highest BCUT2D eigenvalue weighted by Crippen LogP contribution is 2.17. The predicted molar refractivity (Wildman–Crippen MR) is 70.3 cm³/mol. The molecule has 3 nitrogen and oxygen atoms in total. The zero-order valence-electron chi connectivity index (χ0n) is 10.5. The van der Waals surface area contributed by atoms with Gasteiger partial charge < -0.3 is 14.8 Å². The Morgan fingerprint density at radius 2 is 2.44 bits per heavy atom. The molecule has 0 amide bonds. The van der Waals surface area contributed by atoms with Crippen molar-refractivity contribution >= 4 is 11.8 Å². The molecule has 1 N–H and O–H groups in total. The van der Waals surface area contributed by atoms with Crippen molar-refractivity contribution in [1.82, 2.24) is 5.32 Å². The number of thioether (sulfide) groups is 1. The van der Waals surface area contributed by atoms with Gasteiger partial charge in [-0.3, -0.25) is 0 Å². The van der Waals surface area contributed by atoms with Gasteiger partial charge in [-0.25, -0.2) is 0 Å². The molecule has 96 valence electrons. The Balaban J connectivity index is 2.05. The van der Waals surface area contributed by atoms with E-state index in [0.717, 1.165) is 31.3 Å². The van der Waals surface area contributed by atoms with Gasteiger partial charge in [0.15, 0.2) is 0 Å². The fourth-order valence-electron chi connectivity index (χ4n) is 1.83. The van der Waals surface area contributed by atoms with E-state index in [4.69, 9.17) is 9.47 Å². The van der Waals surface area contributed by atoms with E-state index in [9.17, 15) is 0 Å². The van der Waals surface area contributed by atoms with Crippen molar-refractivity contribution in [2.24, 2.45) is 0 Å². The summed E-state index contributed by atoms with van der Waals surface area (Å²) in [5.74, 6) is 2.25. The normalized spacial score (nSPS) is 22.5. The first-order valence-corrected chi connectivity index (χ1v) is 7.44. The van der Waals surface area contributed by atoms with E-state index >= 15 is 0 Å². The molecular formula is C12H25NO2S. The summed E-state index contributed by atoms with van der Waals surface area (Å²) in [5, 5.41) is 3.51. The van der Waals surface area contributed by atoms with E-state index in [1.54, 1.807) is 7.11 Å². The van der Waals surface area contributed by atoms with Crippen LogP contribution in [0.2, 0.25) is 0 Å². The van der Waals surface area contributed by atoms with Crippen LogP contribution in [0, 0.1) is 0 Å². The average molecular weight is 247 g/mol. The summed E-state index contributed by atoms with van der Waals surface area (Å²) in [6.07, 6.45) is 4.15. The molecule has 0 radical (unpaired) electrons. The second-order valence-electron chi connectivity index (χ2n) is 4.28. The maximum Gasteiger partial charge on any atom is 0.0666 e. The molecule has 1 saturated heterocycles. The van der Waals surface area contributed by atoms with Crippen LogP contribution >= 0.6 is 11.8 Å². The second kappa shape index (κ2) is 9.28. The summed E-state index contributed by atoms with van der Waals surface area (Å²) in [4.78, 5) is 0. The van der Waals surface area contributed by atoms with Gasteiger partial charge in [-0.1, -0.05) is 6.92 Å². The lowest BCUT2D eigenvalue weighted by Crippen LogP contribution is -2.36. The van der Waals surface area contributed by atoms with Crippen molar-refractivity contribution in [2.75, 3.05) is 38.4 Å². The van der Waals surface area contributed by atoms with Gasteiger partial charge in [-0.15, -0.1) is 0 Å². The van der Waals surface area contributed by atoms with Crippen molar-refractivity contribution in [1.29, 1.82) is 0 Å². The lowest BCUT2D eigenvalue weighted by atomic mass is 10.3. The van der Waals surface area contributed by atoms with Gasteiger partial charge in [0, 0.05) is 31.3 Å². The highest BCUT2D eigenvalue weighted by atomic mass is 32.2. The zero-order chi connectivity index (χ0) is 11.6. The molecule has 1 heterocycles. The number of hydrogen-bond donors (Lipinski definition) is 1. The minimum Gasteiger partial charge on any atom is -0.383 e. The van der Waals surface area contributed by atoms with Crippen LogP contribution in [0.4, 0.5) is 0 Å². The summed E-state index contributed by atoms with van der Waals surface area (Å²) in [6, 6.07) is 0.483. The molecule has 1 rings (SSSR count). The van der Waals surface area contributed by atoms with E-state index in [-0.39, 0.29) is 0 Å². The lowest BCUT2D eigenvalue weighted by Gasteiger charge is -2.18. The molecular weight excluding hydrogens is 222 g/mol. The van der Waals surface area contributed by atoms with Gasteiger partial charge in [0.2, 0.25) is 0 Å². The van der Waals surface area contributed by atoms with Crippen LogP contribution in [0.1, 0.15) is 26.2 Å². The second-order valence-corrected chi connectivity index (χ2v) is 5.35. The molecule has 0 aromatic carbocycles. The Kier molecular flexibility index (Phi) is 8.29. The molecule has 1 fully saturated rings. The Bertz CT molecular complexity index is 163. The Morgan fingerprint density at radius 1 is 1.56 bits per heavy atom. The molecule has 0 spiro atoms.